The van der Waals surface area contributed by atoms with E-state index in [0.29, 0.717) is 18.7 Å². The van der Waals surface area contributed by atoms with E-state index in [0.717, 1.165) is 27.8 Å². The number of furan rings is 1. The third kappa shape index (κ3) is 4.03. The summed E-state index contributed by atoms with van der Waals surface area (Å²) in [6, 6.07) is 13.7. The Morgan fingerprint density at radius 3 is 2.75 bits per heavy atom. The number of carbonyl (C=O) groups excluding carboxylic acids is 1. The predicted octanol–water partition coefficient (Wildman–Crippen LogP) is 2.94. The molecular formula is C21H20N4O3. The summed E-state index contributed by atoms with van der Waals surface area (Å²) < 4.78 is 12.5. The van der Waals surface area contributed by atoms with Crippen molar-refractivity contribution in [2.75, 3.05) is 7.11 Å². The van der Waals surface area contributed by atoms with Crippen LogP contribution in [0.1, 0.15) is 16.7 Å². The highest BCUT2D eigenvalue weighted by Gasteiger charge is 2.11. The van der Waals surface area contributed by atoms with Crippen LogP contribution in [0.25, 0.3) is 11.0 Å². The number of hydrogen-bond acceptors (Lipinski definition) is 5. The smallest absolute Gasteiger partial charge is 0.224 e. The van der Waals surface area contributed by atoms with Gasteiger partial charge in [-0.25, -0.2) is 9.67 Å². The molecule has 28 heavy (non-hydrogen) atoms. The first kappa shape index (κ1) is 17.8. The lowest BCUT2D eigenvalue weighted by Gasteiger charge is -2.07. The maximum absolute atomic E-state index is 12.3. The average molecular weight is 376 g/mol. The van der Waals surface area contributed by atoms with Crippen molar-refractivity contribution in [2.24, 2.45) is 0 Å². The number of hydrogen-bond donors (Lipinski definition) is 1. The predicted molar refractivity (Wildman–Crippen MR) is 104 cm³/mol. The number of nitrogens with zero attached hydrogens (tertiary/aromatic N) is 3. The Bertz CT molecular complexity index is 1070. The number of methoxy groups -OCH3 is 1. The highest BCUT2D eigenvalue weighted by molar-refractivity contribution is 5.88. The van der Waals surface area contributed by atoms with Crippen LogP contribution in [0.3, 0.4) is 0 Å². The molecule has 142 valence electrons. The topological polar surface area (TPSA) is 82.2 Å². The summed E-state index contributed by atoms with van der Waals surface area (Å²) in [6.45, 7) is 1.15. The fourth-order valence-corrected chi connectivity index (χ4v) is 3.03. The van der Waals surface area contributed by atoms with E-state index in [-0.39, 0.29) is 12.3 Å². The van der Waals surface area contributed by atoms with E-state index >= 15 is 0 Å². The Hall–Kier alpha value is -3.61. The fourth-order valence-electron chi connectivity index (χ4n) is 3.03. The summed E-state index contributed by atoms with van der Waals surface area (Å²) in [7, 11) is 1.61. The number of fused-ring (bicyclic) bond motifs is 1. The number of benzene rings is 2. The molecule has 0 radical (unpaired) electrons. The second-order valence-corrected chi connectivity index (χ2v) is 6.49. The molecule has 0 bridgehead atoms. The Kier molecular flexibility index (Phi) is 5.05. The molecule has 0 atom stereocenters. The van der Waals surface area contributed by atoms with E-state index in [1.165, 1.54) is 6.33 Å². The summed E-state index contributed by atoms with van der Waals surface area (Å²) in [4.78, 5) is 16.3. The lowest BCUT2D eigenvalue weighted by Crippen LogP contribution is -2.24. The van der Waals surface area contributed by atoms with Crippen molar-refractivity contribution in [2.45, 2.75) is 19.5 Å². The molecule has 0 saturated heterocycles. The molecule has 0 aliphatic rings. The van der Waals surface area contributed by atoms with E-state index in [9.17, 15) is 4.79 Å². The third-order valence-electron chi connectivity index (χ3n) is 4.54. The lowest BCUT2D eigenvalue weighted by atomic mass is 10.1. The molecule has 0 fully saturated rings. The van der Waals surface area contributed by atoms with Gasteiger partial charge in [0.1, 0.15) is 24.0 Å². The molecule has 4 aromatic rings. The van der Waals surface area contributed by atoms with E-state index in [1.807, 2.05) is 42.5 Å². The molecule has 1 amide bonds. The highest BCUT2D eigenvalue weighted by atomic mass is 16.5. The lowest BCUT2D eigenvalue weighted by molar-refractivity contribution is -0.120. The first-order valence-electron chi connectivity index (χ1n) is 8.92. The second kappa shape index (κ2) is 7.96. The number of carbonyl (C=O) groups is 1. The van der Waals surface area contributed by atoms with Gasteiger partial charge in [0.25, 0.3) is 0 Å². The van der Waals surface area contributed by atoms with Gasteiger partial charge in [-0.2, -0.15) is 5.10 Å². The molecule has 7 heteroatoms. The van der Waals surface area contributed by atoms with Crippen molar-refractivity contribution in [1.82, 2.24) is 20.1 Å². The van der Waals surface area contributed by atoms with Crippen molar-refractivity contribution in [3.8, 4) is 5.75 Å². The summed E-state index contributed by atoms with van der Waals surface area (Å²) in [6.07, 6.45) is 5.10. The molecule has 0 aliphatic carbocycles. The van der Waals surface area contributed by atoms with E-state index in [1.54, 1.807) is 24.4 Å². The molecule has 0 aliphatic heterocycles. The minimum absolute atomic E-state index is 0.0507. The summed E-state index contributed by atoms with van der Waals surface area (Å²) >= 11 is 0. The van der Waals surface area contributed by atoms with Crippen LogP contribution in [0.4, 0.5) is 0 Å². The quantitative estimate of drug-likeness (QED) is 0.536. The molecule has 4 rings (SSSR count). The standard InChI is InChI=1S/C21H20N4O3/c1-27-18-6-7-19-17(12-28-20(19)9-18)8-21(26)23-10-15-2-4-16(5-3-15)11-25-14-22-13-24-25/h2-7,9,12-14H,8,10-11H2,1H3,(H,23,26). The van der Waals surface area contributed by atoms with Crippen molar-refractivity contribution in [3.63, 3.8) is 0 Å². The molecule has 0 unspecified atom stereocenters. The van der Waals surface area contributed by atoms with Crippen LogP contribution >= 0.6 is 0 Å². The molecule has 0 saturated carbocycles. The average Bonchev–Trinajstić information content (AvgIpc) is 3.37. The van der Waals surface area contributed by atoms with Crippen LogP contribution in [0.15, 0.2) is 65.8 Å². The maximum atomic E-state index is 12.3. The summed E-state index contributed by atoms with van der Waals surface area (Å²) in [5.74, 6) is 0.676. The third-order valence-corrected chi connectivity index (χ3v) is 4.54. The van der Waals surface area contributed by atoms with Crippen LogP contribution < -0.4 is 10.1 Å². The van der Waals surface area contributed by atoms with Gasteiger partial charge in [0.15, 0.2) is 0 Å². The summed E-state index contributed by atoms with van der Waals surface area (Å²) in [5, 5.41) is 7.98. The van der Waals surface area contributed by atoms with Gasteiger partial charge >= 0.3 is 0 Å². The molecule has 2 aromatic heterocycles. The molecule has 1 N–H and O–H groups in total. The first-order valence-corrected chi connectivity index (χ1v) is 8.92. The normalized spacial score (nSPS) is 10.9. The SMILES string of the molecule is COc1ccc2c(CC(=O)NCc3ccc(Cn4cncn4)cc3)coc2c1. The Labute approximate surface area is 161 Å². The van der Waals surface area contributed by atoms with Gasteiger partial charge in [-0.3, -0.25) is 4.79 Å². The zero-order chi connectivity index (χ0) is 19.3. The summed E-state index contributed by atoms with van der Waals surface area (Å²) in [5.41, 5.74) is 3.74. The van der Waals surface area contributed by atoms with Gasteiger partial charge in [0.2, 0.25) is 5.91 Å². The van der Waals surface area contributed by atoms with Crippen LogP contribution in [-0.4, -0.2) is 27.8 Å². The van der Waals surface area contributed by atoms with Gasteiger partial charge in [0.05, 0.1) is 26.3 Å². The van der Waals surface area contributed by atoms with Crippen molar-refractivity contribution in [3.05, 3.63) is 78.1 Å². The second-order valence-electron chi connectivity index (χ2n) is 6.49. The number of aromatic nitrogens is 3. The largest absolute Gasteiger partial charge is 0.497 e. The molecule has 0 spiro atoms. The van der Waals surface area contributed by atoms with Crippen molar-refractivity contribution < 1.29 is 13.9 Å². The van der Waals surface area contributed by atoms with E-state index in [4.69, 9.17) is 9.15 Å². The molecule has 2 aromatic carbocycles. The van der Waals surface area contributed by atoms with Crippen LogP contribution in [0, 0.1) is 0 Å². The van der Waals surface area contributed by atoms with Crippen molar-refractivity contribution >= 4 is 16.9 Å². The number of nitrogens with one attached hydrogen (secondary N) is 1. The van der Waals surface area contributed by atoms with Gasteiger partial charge in [0, 0.05) is 23.6 Å². The monoisotopic (exact) mass is 376 g/mol. The van der Waals surface area contributed by atoms with E-state index in [2.05, 4.69) is 15.4 Å². The number of rotatable bonds is 7. The number of ether oxygens (including phenoxy) is 1. The Morgan fingerprint density at radius 1 is 1.18 bits per heavy atom. The molecular weight excluding hydrogens is 356 g/mol. The van der Waals surface area contributed by atoms with Crippen LogP contribution in [0.2, 0.25) is 0 Å². The Morgan fingerprint density at radius 2 is 2.00 bits per heavy atom. The first-order chi connectivity index (χ1) is 13.7. The van der Waals surface area contributed by atoms with Crippen molar-refractivity contribution in [1.29, 1.82) is 0 Å². The zero-order valence-electron chi connectivity index (χ0n) is 15.5. The van der Waals surface area contributed by atoms with Crippen LogP contribution in [0.5, 0.6) is 5.75 Å². The van der Waals surface area contributed by atoms with E-state index < -0.39 is 0 Å². The number of amides is 1. The minimum Gasteiger partial charge on any atom is -0.497 e. The maximum Gasteiger partial charge on any atom is 0.224 e. The fraction of sp³-hybridized carbons (Fsp3) is 0.190. The van der Waals surface area contributed by atoms with Gasteiger partial charge in [-0.15, -0.1) is 0 Å². The van der Waals surface area contributed by atoms with Gasteiger partial charge < -0.3 is 14.5 Å². The van der Waals surface area contributed by atoms with Gasteiger partial charge in [-0.1, -0.05) is 24.3 Å². The molecule has 2 heterocycles. The van der Waals surface area contributed by atoms with Gasteiger partial charge in [-0.05, 0) is 23.3 Å². The molecule has 7 nitrogen and oxygen atoms in total. The Balaban J connectivity index is 1.33. The minimum atomic E-state index is -0.0507. The zero-order valence-corrected chi connectivity index (χ0v) is 15.5. The van der Waals surface area contributed by atoms with Crippen LogP contribution in [-0.2, 0) is 24.3 Å². The highest BCUT2D eigenvalue weighted by Crippen LogP contribution is 2.25.